The second kappa shape index (κ2) is 9.16. The van der Waals surface area contributed by atoms with Crippen LogP contribution in [0.5, 0.6) is 0 Å². The van der Waals surface area contributed by atoms with Crippen LogP contribution in [-0.4, -0.2) is 64.5 Å². The molecule has 6 nitrogen and oxygen atoms in total. The lowest BCUT2D eigenvalue weighted by atomic mass is 9.85. The average molecular weight is 388 g/mol. The first-order chi connectivity index (χ1) is 13.4. The van der Waals surface area contributed by atoms with Gasteiger partial charge in [0.05, 0.1) is 5.60 Å². The van der Waals surface area contributed by atoms with Crippen molar-refractivity contribution in [1.82, 2.24) is 14.7 Å². The molecule has 1 aromatic heterocycles. The molecule has 0 amide bonds. The van der Waals surface area contributed by atoms with Crippen molar-refractivity contribution in [1.29, 1.82) is 0 Å². The molecule has 154 valence electrons. The van der Waals surface area contributed by atoms with Gasteiger partial charge in [0.2, 0.25) is 0 Å². The smallest absolute Gasteiger partial charge is 0.165 e. The van der Waals surface area contributed by atoms with Gasteiger partial charge in [-0.05, 0) is 45.6 Å². The van der Waals surface area contributed by atoms with E-state index in [4.69, 9.17) is 4.74 Å². The number of Topliss-reactive ketones (excluding diaryl/α,β-unsaturated/α-hetero) is 1. The Kier molecular flexibility index (Phi) is 6.86. The zero-order chi connectivity index (χ0) is 20.1. The van der Waals surface area contributed by atoms with Crippen molar-refractivity contribution in [2.75, 3.05) is 33.4 Å². The number of nitrogens with zero attached hydrogens (tertiary/aromatic N) is 3. The number of benzene rings is 1. The van der Waals surface area contributed by atoms with E-state index < -0.39 is 5.60 Å². The molecule has 1 aliphatic rings. The predicted molar refractivity (Wildman–Crippen MR) is 111 cm³/mol. The molecular weight excluding hydrogens is 354 g/mol. The third-order valence-electron chi connectivity index (χ3n) is 5.81. The number of ketones is 1. The van der Waals surface area contributed by atoms with Crippen molar-refractivity contribution < 1.29 is 14.6 Å². The first-order valence-electron chi connectivity index (χ1n) is 10.4. The number of carbonyl (C=O) groups is 1. The molecule has 0 aliphatic carbocycles. The lowest BCUT2D eigenvalue weighted by Gasteiger charge is -2.38. The van der Waals surface area contributed by atoms with Crippen molar-refractivity contribution in [2.24, 2.45) is 0 Å². The second-order valence-electron chi connectivity index (χ2n) is 8.28. The molecule has 1 aromatic carbocycles. The van der Waals surface area contributed by atoms with Crippen LogP contribution in [0.2, 0.25) is 0 Å². The molecule has 1 N–H and O–H groups in total. The standard InChI is InChI=1S/C22H33N3O3/c1-17(2)25-16-18-6-4-7-19(21(18)23-25)20(26)8-9-22(27)10-13-24(14-11-22)12-5-15-28-3/h4,6-7,16-17,27H,5,8-15H2,1-3H3. The molecular formula is C22H33N3O3. The number of carbonyl (C=O) groups excluding carboxylic acids is 1. The van der Waals surface area contributed by atoms with Crippen molar-refractivity contribution >= 4 is 16.7 Å². The van der Waals surface area contributed by atoms with Gasteiger partial charge >= 0.3 is 0 Å². The fraction of sp³-hybridized carbons (Fsp3) is 0.636. The minimum absolute atomic E-state index is 0.0653. The normalized spacial score (nSPS) is 17.5. The zero-order valence-corrected chi connectivity index (χ0v) is 17.4. The number of fused-ring (bicyclic) bond motifs is 1. The Morgan fingerprint density at radius 3 is 2.75 bits per heavy atom. The Morgan fingerprint density at radius 1 is 1.32 bits per heavy atom. The largest absolute Gasteiger partial charge is 0.390 e. The summed E-state index contributed by atoms with van der Waals surface area (Å²) < 4.78 is 7.00. The summed E-state index contributed by atoms with van der Waals surface area (Å²) in [5.41, 5.74) is 0.692. The van der Waals surface area contributed by atoms with Crippen LogP contribution in [0, 0.1) is 0 Å². The SMILES string of the molecule is COCCCN1CCC(O)(CCC(=O)c2cccc3cn(C(C)C)nc23)CC1. The summed E-state index contributed by atoms with van der Waals surface area (Å²) in [7, 11) is 1.72. The fourth-order valence-corrected chi connectivity index (χ4v) is 3.91. The first kappa shape index (κ1) is 21.0. The van der Waals surface area contributed by atoms with Crippen LogP contribution in [0.25, 0.3) is 10.9 Å². The van der Waals surface area contributed by atoms with Crippen molar-refractivity contribution in [3.63, 3.8) is 0 Å². The van der Waals surface area contributed by atoms with Gasteiger partial charge in [0.15, 0.2) is 5.78 Å². The summed E-state index contributed by atoms with van der Waals surface area (Å²) in [4.78, 5) is 15.2. The van der Waals surface area contributed by atoms with Crippen LogP contribution in [0.3, 0.4) is 0 Å². The van der Waals surface area contributed by atoms with E-state index in [1.807, 2.05) is 29.1 Å². The number of likely N-dealkylation sites (tertiary alicyclic amines) is 1. The molecule has 3 rings (SSSR count). The van der Waals surface area contributed by atoms with Crippen molar-refractivity contribution in [3.8, 4) is 0 Å². The van der Waals surface area contributed by atoms with Crippen LogP contribution >= 0.6 is 0 Å². The molecule has 2 aromatic rings. The van der Waals surface area contributed by atoms with E-state index in [2.05, 4.69) is 23.8 Å². The Bertz CT molecular complexity index is 791. The molecule has 2 heterocycles. The Morgan fingerprint density at radius 2 is 2.07 bits per heavy atom. The summed E-state index contributed by atoms with van der Waals surface area (Å²) in [5.74, 6) is 0.0653. The third kappa shape index (κ3) is 4.99. The molecule has 0 spiro atoms. The Labute approximate surface area is 167 Å². The fourth-order valence-electron chi connectivity index (χ4n) is 3.91. The van der Waals surface area contributed by atoms with Gasteiger partial charge in [-0.25, -0.2) is 0 Å². The number of hydrogen-bond donors (Lipinski definition) is 1. The van der Waals surface area contributed by atoms with E-state index >= 15 is 0 Å². The quantitative estimate of drug-likeness (QED) is 0.527. The number of rotatable bonds is 9. The molecule has 0 saturated carbocycles. The van der Waals surface area contributed by atoms with Gasteiger partial charge in [-0.3, -0.25) is 9.48 Å². The van der Waals surface area contributed by atoms with E-state index in [0.717, 1.165) is 56.4 Å². The van der Waals surface area contributed by atoms with E-state index in [1.165, 1.54) is 0 Å². The lowest BCUT2D eigenvalue weighted by Crippen LogP contribution is -2.45. The van der Waals surface area contributed by atoms with E-state index in [0.29, 0.717) is 18.4 Å². The van der Waals surface area contributed by atoms with Gasteiger partial charge < -0.3 is 14.7 Å². The highest BCUT2D eigenvalue weighted by molar-refractivity contribution is 6.06. The predicted octanol–water partition coefficient (Wildman–Crippen LogP) is 3.44. The van der Waals surface area contributed by atoms with Crippen LogP contribution < -0.4 is 0 Å². The number of aromatic nitrogens is 2. The minimum Gasteiger partial charge on any atom is -0.390 e. The summed E-state index contributed by atoms with van der Waals surface area (Å²) >= 11 is 0. The van der Waals surface area contributed by atoms with E-state index in [9.17, 15) is 9.90 Å². The van der Waals surface area contributed by atoms with Gasteiger partial charge in [-0.15, -0.1) is 0 Å². The summed E-state index contributed by atoms with van der Waals surface area (Å²) in [6, 6.07) is 6.01. The highest BCUT2D eigenvalue weighted by Gasteiger charge is 2.32. The first-order valence-corrected chi connectivity index (χ1v) is 10.4. The molecule has 0 unspecified atom stereocenters. The summed E-state index contributed by atoms with van der Waals surface area (Å²) in [5, 5.41) is 16.5. The maximum absolute atomic E-state index is 12.9. The van der Waals surface area contributed by atoms with Gasteiger partial charge in [0.1, 0.15) is 5.52 Å². The molecule has 28 heavy (non-hydrogen) atoms. The number of hydrogen-bond acceptors (Lipinski definition) is 5. The number of piperidine rings is 1. The summed E-state index contributed by atoms with van der Waals surface area (Å²) in [6.07, 6.45) is 5.32. The molecule has 1 aliphatic heterocycles. The van der Waals surface area contributed by atoms with Gasteiger partial charge in [0.25, 0.3) is 0 Å². The van der Waals surface area contributed by atoms with Crippen LogP contribution in [0.15, 0.2) is 24.4 Å². The topological polar surface area (TPSA) is 67.6 Å². The van der Waals surface area contributed by atoms with Crippen LogP contribution in [0.4, 0.5) is 0 Å². The molecule has 0 bridgehead atoms. The lowest BCUT2D eigenvalue weighted by molar-refractivity contribution is -0.0287. The van der Waals surface area contributed by atoms with Gasteiger partial charge in [-0.2, -0.15) is 5.10 Å². The second-order valence-corrected chi connectivity index (χ2v) is 8.28. The Hall–Kier alpha value is -1.76. The maximum Gasteiger partial charge on any atom is 0.165 e. The molecule has 0 atom stereocenters. The van der Waals surface area contributed by atoms with Gasteiger partial charge in [-0.1, -0.05) is 12.1 Å². The number of ether oxygens (including phenoxy) is 1. The summed E-state index contributed by atoms with van der Waals surface area (Å²) in [6.45, 7) is 7.68. The van der Waals surface area contributed by atoms with E-state index in [1.54, 1.807) is 7.11 Å². The average Bonchev–Trinajstić information content (AvgIpc) is 3.13. The maximum atomic E-state index is 12.9. The third-order valence-corrected chi connectivity index (χ3v) is 5.81. The number of methoxy groups -OCH3 is 1. The highest BCUT2D eigenvalue weighted by Crippen LogP contribution is 2.29. The molecule has 1 fully saturated rings. The molecule has 1 saturated heterocycles. The van der Waals surface area contributed by atoms with Crippen molar-refractivity contribution in [3.05, 3.63) is 30.0 Å². The van der Waals surface area contributed by atoms with Crippen molar-refractivity contribution in [2.45, 2.75) is 57.6 Å². The molecule has 6 heteroatoms. The monoisotopic (exact) mass is 387 g/mol. The zero-order valence-electron chi connectivity index (χ0n) is 17.4. The minimum atomic E-state index is -0.737. The molecule has 0 radical (unpaired) electrons. The highest BCUT2D eigenvalue weighted by atomic mass is 16.5. The Balaban J connectivity index is 1.58. The van der Waals surface area contributed by atoms with Crippen LogP contribution in [0.1, 0.15) is 62.4 Å². The van der Waals surface area contributed by atoms with E-state index in [-0.39, 0.29) is 11.8 Å². The van der Waals surface area contributed by atoms with Gasteiger partial charge in [0, 0.05) is 63.0 Å². The number of aliphatic hydroxyl groups is 1. The van der Waals surface area contributed by atoms with Crippen LogP contribution in [-0.2, 0) is 4.74 Å².